The summed E-state index contributed by atoms with van der Waals surface area (Å²) in [4.78, 5) is 2.36. The van der Waals surface area contributed by atoms with Crippen LogP contribution in [0.2, 0.25) is 0 Å². The second-order valence-electron chi connectivity index (χ2n) is 4.43. The molecule has 0 radical (unpaired) electrons. The summed E-state index contributed by atoms with van der Waals surface area (Å²) >= 11 is 4.84. The third-order valence-corrected chi connectivity index (χ3v) is 3.41. The van der Waals surface area contributed by atoms with Gasteiger partial charge >= 0.3 is 0 Å². The fraction of sp³-hybridized carbons (Fsp3) is 0.462. The molecular weight excluding hydrogens is 235 g/mol. The summed E-state index contributed by atoms with van der Waals surface area (Å²) in [5.41, 5.74) is 6.75. The van der Waals surface area contributed by atoms with Crippen LogP contribution in [0.4, 0.5) is 10.1 Å². The molecule has 2 rings (SSSR count). The largest absolute Gasteiger partial charge is 0.389 e. The van der Waals surface area contributed by atoms with Crippen LogP contribution in [0, 0.1) is 5.82 Å². The van der Waals surface area contributed by atoms with Gasteiger partial charge in [0.15, 0.2) is 0 Å². The Balaban J connectivity index is 2.22. The van der Waals surface area contributed by atoms with Gasteiger partial charge in [-0.1, -0.05) is 25.1 Å². The van der Waals surface area contributed by atoms with Gasteiger partial charge in [0.05, 0.1) is 5.69 Å². The average molecular weight is 252 g/mol. The van der Waals surface area contributed by atoms with Crippen molar-refractivity contribution in [2.24, 2.45) is 5.73 Å². The molecule has 0 atom stereocenters. The Bertz CT molecular complexity index is 412. The molecule has 2 N–H and O–H groups in total. The van der Waals surface area contributed by atoms with Gasteiger partial charge in [0.1, 0.15) is 10.8 Å². The van der Waals surface area contributed by atoms with Gasteiger partial charge in [-0.05, 0) is 31.0 Å². The number of hydrogen-bond donors (Lipinski definition) is 1. The Morgan fingerprint density at radius 3 is 2.35 bits per heavy atom. The molecule has 0 saturated carbocycles. The molecule has 17 heavy (non-hydrogen) atoms. The summed E-state index contributed by atoms with van der Waals surface area (Å²) in [6.07, 6.45) is 4.75. The highest BCUT2D eigenvalue weighted by Gasteiger charge is 2.14. The first-order valence-corrected chi connectivity index (χ1v) is 6.43. The van der Waals surface area contributed by atoms with E-state index in [2.05, 4.69) is 4.90 Å². The first kappa shape index (κ1) is 12.3. The summed E-state index contributed by atoms with van der Waals surface area (Å²) in [5.74, 6) is -0.225. The molecular formula is C13H17FN2S. The van der Waals surface area contributed by atoms with Crippen LogP contribution >= 0.6 is 12.2 Å². The smallest absolute Gasteiger partial charge is 0.147 e. The molecule has 0 amide bonds. The van der Waals surface area contributed by atoms with E-state index < -0.39 is 0 Å². The maximum atomic E-state index is 14.0. The molecule has 1 aromatic carbocycles. The van der Waals surface area contributed by atoms with Crippen LogP contribution in [-0.4, -0.2) is 18.1 Å². The van der Waals surface area contributed by atoms with Crippen LogP contribution in [0.15, 0.2) is 18.2 Å². The molecule has 1 aliphatic heterocycles. The molecule has 92 valence electrons. The number of benzene rings is 1. The van der Waals surface area contributed by atoms with Crippen molar-refractivity contribution in [3.8, 4) is 0 Å². The van der Waals surface area contributed by atoms with E-state index in [-0.39, 0.29) is 10.8 Å². The monoisotopic (exact) mass is 252 g/mol. The zero-order valence-corrected chi connectivity index (χ0v) is 10.6. The van der Waals surface area contributed by atoms with Crippen LogP contribution in [0.25, 0.3) is 0 Å². The van der Waals surface area contributed by atoms with E-state index in [1.165, 1.54) is 18.9 Å². The number of hydrogen-bond acceptors (Lipinski definition) is 2. The number of thiocarbonyl (C=S) groups is 1. The third-order valence-electron chi connectivity index (χ3n) is 3.18. The summed E-state index contributed by atoms with van der Waals surface area (Å²) in [5, 5.41) is 0. The van der Waals surface area contributed by atoms with E-state index in [4.69, 9.17) is 18.0 Å². The van der Waals surface area contributed by atoms with Crippen LogP contribution in [0.1, 0.15) is 31.2 Å². The topological polar surface area (TPSA) is 29.3 Å². The van der Waals surface area contributed by atoms with Crippen molar-refractivity contribution in [2.75, 3.05) is 18.0 Å². The second-order valence-corrected chi connectivity index (χ2v) is 4.87. The predicted molar refractivity (Wildman–Crippen MR) is 73.0 cm³/mol. The zero-order chi connectivity index (χ0) is 12.3. The van der Waals surface area contributed by atoms with Gasteiger partial charge in [0.25, 0.3) is 0 Å². The van der Waals surface area contributed by atoms with Crippen molar-refractivity contribution < 1.29 is 4.39 Å². The van der Waals surface area contributed by atoms with Crippen molar-refractivity contribution >= 4 is 22.9 Å². The normalized spacial score (nSPS) is 16.6. The van der Waals surface area contributed by atoms with Gasteiger partial charge in [-0.25, -0.2) is 4.39 Å². The molecule has 0 bridgehead atoms. The average Bonchev–Trinajstić information content (AvgIpc) is 2.57. The quantitative estimate of drug-likeness (QED) is 0.821. The Kier molecular flexibility index (Phi) is 3.94. The van der Waals surface area contributed by atoms with E-state index in [0.29, 0.717) is 11.3 Å². The minimum atomic E-state index is -0.225. The zero-order valence-electron chi connectivity index (χ0n) is 9.79. The lowest BCUT2D eigenvalue weighted by atomic mass is 10.1. The highest BCUT2D eigenvalue weighted by Crippen LogP contribution is 2.23. The Labute approximate surface area is 107 Å². The lowest BCUT2D eigenvalue weighted by Crippen LogP contribution is -2.25. The summed E-state index contributed by atoms with van der Waals surface area (Å²) in [7, 11) is 0. The van der Waals surface area contributed by atoms with E-state index in [9.17, 15) is 4.39 Å². The van der Waals surface area contributed by atoms with E-state index in [1.54, 1.807) is 12.1 Å². The fourth-order valence-corrected chi connectivity index (χ4v) is 2.36. The molecule has 0 unspecified atom stereocenters. The van der Waals surface area contributed by atoms with Crippen LogP contribution in [-0.2, 0) is 0 Å². The molecule has 4 heteroatoms. The van der Waals surface area contributed by atoms with Crippen LogP contribution in [0.3, 0.4) is 0 Å². The van der Waals surface area contributed by atoms with Crippen molar-refractivity contribution in [3.63, 3.8) is 0 Å². The minimum absolute atomic E-state index is 0.225. The molecule has 1 aliphatic rings. The Morgan fingerprint density at radius 1 is 1.18 bits per heavy atom. The molecule has 1 saturated heterocycles. The second kappa shape index (κ2) is 5.45. The maximum Gasteiger partial charge on any atom is 0.147 e. The Morgan fingerprint density at radius 2 is 1.82 bits per heavy atom. The number of nitrogens with zero attached hydrogens (tertiary/aromatic N) is 1. The molecule has 0 aliphatic carbocycles. The van der Waals surface area contributed by atoms with Crippen molar-refractivity contribution in [1.29, 1.82) is 0 Å². The van der Waals surface area contributed by atoms with Gasteiger partial charge < -0.3 is 10.6 Å². The van der Waals surface area contributed by atoms with E-state index in [0.717, 1.165) is 25.9 Å². The van der Waals surface area contributed by atoms with Gasteiger partial charge in [0, 0.05) is 18.7 Å². The highest BCUT2D eigenvalue weighted by atomic mass is 32.1. The molecule has 1 heterocycles. The van der Waals surface area contributed by atoms with Gasteiger partial charge in [0.2, 0.25) is 0 Å². The number of rotatable bonds is 2. The predicted octanol–water partition coefficient (Wildman–Crippen LogP) is 2.84. The highest BCUT2D eigenvalue weighted by molar-refractivity contribution is 7.80. The molecule has 1 fully saturated rings. The standard InChI is InChI=1S/C13H17FN2S/c14-11-9-10(13(15)17)5-6-12(11)16-7-3-1-2-4-8-16/h5-6,9H,1-4,7-8H2,(H2,15,17). The summed E-state index contributed by atoms with van der Waals surface area (Å²) in [6, 6.07) is 5.02. The van der Waals surface area contributed by atoms with Gasteiger partial charge in [-0.2, -0.15) is 0 Å². The third kappa shape index (κ3) is 2.94. The van der Waals surface area contributed by atoms with Crippen molar-refractivity contribution in [3.05, 3.63) is 29.6 Å². The SMILES string of the molecule is NC(=S)c1ccc(N2CCCCCC2)c(F)c1. The van der Waals surface area contributed by atoms with Crippen molar-refractivity contribution in [1.82, 2.24) is 0 Å². The summed E-state index contributed by atoms with van der Waals surface area (Å²) in [6.45, 7) is 1.87. The first-order chi connectivity index (χ1) is 8.18. The lowest BCUT2D eigenvalue weighted by molar-refractivity contribution is 0.616. The van der Waals surface area contributed by atoms with Crippen LogP contribution in [0.5, 0.6) is 0 Å². The lowest BCUT2D eigenvalue weighted by Gasteiger charge is -2.23. The van der Waals surface area contributed by atoms with E-state index in [1.807, 2.05) is 0 Å². The van der Waals surface area contributed by atoms with Crippen molar-refractivity contribution in [2.45, 2.75) is 25.7 Å². The van der Waals surface area contributed by atoms with Gasteiger partial charge in [-0.15, -0.1) is 0 Å². The molecule has 0 aromatic heterocycles. The number of halogens is 1. The Hall–Kier alpha value is -1.16. The van der Waals surface area contributed by atoms with Crippen LogP contribution < -0.4 is 10.6 Å². The summed E-state index contributed by atoms with van der Waals surface area (Å²) < 4.78 is 14.0. The fourth-order valence-electron chi connectivity index (χ4n) is 2.23. The molecule has 0 spiro atoms. The minimum Gasteiger partial charge on any atom is -0.389 e. The number of nitrogens with two attached hydrogens (primary N) is 1. The molecule has 1 aromatic rings. The first-order valence-electron chi connectivity index (χ1n) is 6.03. The number of anilines is 1. The van der Waals surface area contributed by atoms with Gasteiger partial charge in [-0.3, -0.25) is 0 Å². The molecule has 2 nitrogen and oxygen atoms in total. The van der Waals surface area contributed by atoms with E-state index >= 15 is 0 Å². The maximum absolute atomic E-state index is 14.0.